The number of ether oxygens (including phenoxy) is 1. The molecule has 0 atom stereocenters. The fraction of sp³-hybridized carbons (Fsp3) is 0.278. The average Bonchev–Trinajstić information content (AvgIpc) is 2.37. The average molecular weight is 282 g/mol. The molecule has 0 spiro atoms. The lowest BCUT2D eigenvalue weighted by Gasteiger charge is -2.20. The summed E-state index contributed by atoms with van der Waals surface area (Å²) in [6.07, 6.45) is 0. The molecule has 2 aromatic carbocycles. The maximum absolute atomic E-state index is 7.65. The molecule has 0 fully saturated rings. The van der Waals surface area contributed by atoms with Crippen molar-refractivity contribution in [3.63, 3.8) is 0 Å². The third-order valence-corrected chi connectivity index (χ3v) is 3.36. The molecule has 0 amide bonds. The van der Waals surface area contributed by atoms with Crippen LogP contribution in [0.15, 0.2) is 42.5 Å². The summed E-state index contributed by atoms with van der Waals surface area (Å²) in [5.41, 5.74) is 8.58. The van der Waals surface area contributed by atoms with E-state index in [4.69, 9.17) is 15.9 Å². The molecule has 3 heteroatoms. The SMILES string of the molecule is Cc1ccc(C(=N)N)c(Oc2cccc(C(C)(C)C)c2)c1. The fourth-order valence-electron chi connectivity index (χ4n) is 2.09. The van der Waals surface area contributed by atoms with Crippen molar-refractivity contribution in [3.8, 4) is 11.5 Å². The summed E-state index contributed by atoms with van der Waals surface area (Å²) in [5, 5.41) is 7.65. The predicted molar refractivity (Wildman–Crippen MR) is 87.4 cm³/mol. The van der Waals surface area contributed by atoms with E-state index >= 15 is 0 Å². The van der Waals surface area contributed by atoms with Crippen molar-refractivity contribution in [3.05, 3.63) is 59.2 Å². The Balaban J connectivity index is 2.39. The summed E-state index contributed by atoms with van der Waals surface area (Å²) in [6, 6.07) is 13.7. The van der Waals surface area contributed by atoms with Crippen LogP contribution >= 0.6 is 0 Å². The molecule has 0 heterocycles. The Morgan fingerprint density at radius 1 is 1.10 bits per heavy atom. The standard InChI is InChI=1S/C18H22N2O/c1-12-8-9-15(17(19)20)16(10-12)21-14-7-5-6-13(11-14)18(2,3)4/h5-11H,1-4H3,(H3,19,20). The highest BCUT2D eigenvalue weighted by Gasteiger charge is 2.15. The number of nitrogens with two attached hydrogens (primary N) is 1. The van der Waals surface area contributed by atoms with Crippen LogP contribution in [-0.2, 0) is 5.41 Å². The van der Waals surface area contributed by atoms with Crippen LogP contribution in [0.3, 0.4) is 0 Å². The molecule has 0 aliphatic heterocycles. The van der Waals surface area contributed by atoms with Crippen LogP contribution in [0, 0.1) is 12.3 Å². The molecule has 0 saturated carbocycles. The molecule has 0 aromatic heterocycles. The van der Waals surface area contributed by atoms with E-state index in [9.17, 15) is 0 Å². The summed E-state index contributed by atoms with van der Waals surface area (Å²) >= 11 is 0. The van der Waals surface area contributed by atoms with Crippen LogP contribution in [0.4, 0.5) is 0 Å². The molecule has 0 saturated heterocycles. The lowest BCUT2D eigenvalue weighted by molar-refractivity contribution is 0.477. The second-order valence-electron chi connectivity index (χ2n) is 6.29. The highest BCUT2D eigenvalue weighted by Crippen LogP contribution is 2.30. The minimum absolute atomic E-state index is 0.0111. The number of nitrogens with one attached hydrogen (secondary N) is 1. The first kappa shape index (κ1) is 15.1. The summed E-state index contributed by atoms with van der Waals surface area (Å²) < 4.78 is 5.97. The van der Waals surface area contributed by atoms with Crippen LogP contribution in [0.1, 0.15) is 37.5 Å². The first-order chi connectivity index (χ1) is 9.77. The smallest absolute Gasteiger partial charge is 0.138 e. The summed E-state index contributed by atoms with van der Waals surface area (Å²) in [5.74, 6) is 1.39. The van der Waals surface area contributed by atoms with E-state index in [-0.39, 0.29) is 11.3 Å². The number of hydrogen-bond donors (Lipinski definition) is 2. The quantitative estimate of drug-likeness (QED) is 0.648. The Hall–Kier alpha value is -2.29. The summed E-state index contributed by atoms with van der Waals surface area (Å²) in [6.45, 7) is 8.49. The highest BCUT2D eigenvalue weighted by atomic mass is 16.5. The second-order valence-corrected chi connectivity index (χ2v) is 6.29. The second kappa shape index (κ2) is 5.60. The van der Waals surface area contributed by atoms with Gasteiger partial charge in [0.2, 0.25) is 0 Å². The van der Waals surface area contributed by atoms with Crippen LogP contribution in [0.5, 0.6) is 11.5 Å². The number of benzene rings is 2. The van der Waals surface area contributed by atoms with Crippen molar-refractivity contribution in [2.24, 2.45) is 5.73 Å². The van der Waals surface area contributed by atoms with Gasteiger partial charge in [0.15, 0.2) is 0 Å². The maximum atomic E-state index is 7.65. The van der Waals surface area contributed by atoms with E-state index in [1.54, 1.807) is 0 Å². The lowest BCUT2D eigenvalue weighted by atomic mass is 9.87. The van der Waals surface area contributed by atoms with Crippen molar-refractivity contribution in [2.45, 2.75) is 33.1 Å². The zero-order valence-corrected chi connectivity index (χ0v) is 13.0. The van der Waals surface area contributed by atoms with Gasteiger partial charge in [-0.1, -0.05) is 39.0 Å². The van der Waals surface area contributed by atoms with Crippen LogP contribution < -0.4 is 10.5 Å². The van der Waals surface area contributed by atoms with Crippen LogP contribution in [0.25, 0.3) is 0 Å². The van der Waals surface area contributed by atoms with E-state index in [1.807, 2.05) is 43.3 Å². The molecule has 21 heavy (non-hydrogen) atoms. The minimum Gasteiger partial charge on any atom is -0.457 e. The predicted octanol–water partition coefficient (Wildman–Crippen LogP) is 4.37. The van der Waals surface area contributed by atoms with Gasteiger partial charge in [-0.15, -0.1) is 0 Å². The largest absolute Gasteiger partial charge is 0.457 e. The van der Waals surface area contributed by atoms with E-state index in [1.165, 1.54) is 5.56 Å². The van der Waals surface area contributed by atoms with E-state index in [0.717, 1.165) is 11.3 Å². The number of hydrogen-bond acceptors (Lipinski definition) is 2. The van der Waals surface area contributed by atoms with Crippen molar-refractivity contribution in [2.75, 3.05) is 0 Å². The van der Waals surface area contributed by atoms with Gasteiger partial charge in [0.25, 0.3) is 0 Å². The Morgan fingerprint density at radius 2 is 1.81 bits per heavy atom. The molecule has 0 aliphatic carbocycles. The molecule has 0 aliphatic rings. The molecular formula is C18H22N2O. The molecule has 0 bridgehead atoms. The Bertz CT molecular complexity index is 669. The monoisotopic (exact) mass is 282 g/mol. The number of aryl methyl sites for hydroxylation is 1. The van der Waals surface area contributed by atoms with Gasteiger partial charge in [-0.2, -0.15) is 0 Å². The number of nitrogen functional groups attached to an aromatic ring is 1. The van der Waals surface area contributed by atoms with E-state index in [2.05, 4.69) is 26.8 Å². The lowest BCUT2D eigenvalue weighted by Crippen LogP contribution is -2.13. The Kier molecular flexibility index (Phi) is 4.03. The van der Waals surface area contributed by atoms with Gasteiger partial charge in [-0.3, -0.25) is 5.41 Å². The van der Waals surface area contributed by atoms with E-state index in [0.29, 0.717) is 11.3 Å². The zero-order chi connectivity index (χ0) is 15.6. The molecule has 2 rings (SSSR count). The van der Waals surface area contributed by atoms with Crippen LogP contribution in [0.2, 0.25) is 0 Å². The first-order valence-corrected chi connectivity index (χ1v) is 7.01. The Labute approximate surface area is 126 Å². The summed E-state index contributed by atoms with van der Waals surface area (Å²) in [7, 11) is 0. The first-order valence-electron chi connectivity index (χ1n) is 7.01. The van der Waals surface area contributed by atoms with Gasteiger partial charge in [0.05, 0.1) is 5.56 Å². The molecule has 110 valence electrons. The van der Waals surface area contributed by atoms with Gasteiger partial charge in [0, 0.05) is 0 Å². The number of amidine groups is 1. The molecule has 2 aromatic rings. The molecule has 3 N–H and O–H groups in total. The highest BCUT2D eigenvalue weighted by molar-refractivity contribution is 5.97. The zero-order valence-electron chi connectivity index (χ0n) is 13.0. The van der Waals surface area contributed by atoms with Gasteiger partial charge in [-0.25, -0.2) is 0 Å². The van der Waals surface area contributed by atoms with Crippen molar-refractivity contribution < 1.29 is 4.74 Å². The summed E-state index contributed by atoms with van der Waals surface area (Å²) in [4.78, 5) is 0. The van der Waals surface area contributed by atoms with Gasteiger partial charge >= 0.3 is 0 Å². The van der Waals surface area contributed by atoms with Gasteiger partial charge in [-0.05, 0) is 47.7 Å². The van der Waals surface area contributed by atoms with Crippen LogP contribution in [-0.4, -0.2) is 5.84 Å². The topological polar surface area (TPSA) is 59.1 Å². The van der Waals surface area contributed by atoms with Crippen molar-refractivity contribution in [1.82, 2.24) is 0 Å². The number of rotatable bonds is 3. The maximum Gasteiger partial charge on any atom is 0.138 e. The minimum atomic E-state index is 0.0111. The fourth-order valence-corrected chi connectivity index (χ4v) is 2.09. The van der Waals surface area contributed by atoms with E-state index < -0.39 is 0 Å². The normalized spacial score (nSPS) is 11.2. The molecule has 0 radical (unpaired) electrons. The van der Waals surface area contributed by atoms with Crippen molar-refractivity contribution in [1.29, 1.82) is 5.41 Å². The third kappa shape index (κ3) is 3.63. The Morgan fingerprint density at radius 3 is 2.43 bits per heavy atom. The molecule has 0 unspecified atom stereocenters. The van der Waals surface area contributed by atoms with Crippen molar-refractivity contribution >= 4 is 5.84 Å². The third-order valence-electron chi connectivity index (χ3n) is 3.36. The molecular weight excluding hydrogens is 260 g/mol. The molecule has 3 nitrogen and oxygen atoms in total. The van der Waals surface area contributed by atoms with Gasteiger partial charge < -0.3 is 10.5 Å². The van der Waals surface area contributed by atoms with Gasteiger partial charge in [0.1, 0.15) is 17.3 Å².